The van der Waals surface area contributed by atoms with Crippen LogP contribution in [0.5, 0.6) is 0 Å². The van der Waals surface area contributed by atoms with Crippen molar-refractivity contribution in [3.63, 3.8) is 0 Å². The maximum absolute atomic E-state index is 13.4. The number of amides is 1. The van der Waals surface area contributed by atoms with Gasteiger partial charge in [0.2, 0.25) is 11.9 Å². The van der Waals surface area contributed by atoms with E-state index in [1.165, 1.54) is 0 Å². The fourth-order valence-corrected chi connectivity index (χ4v) is 3.74. The number of nitrogens with zero attached hydrogens (tertiary/aromatic N) is 4. The molecule has 4 heterocycles. The summed E-state index contributed by atoms with van der Waals surface area (Å²) in [6.07, 6.45) is 7.09. The van der Waals surface area contributed by atoms with Crippen molar-refractivity contribution < 1.29 is 9.78 Å². The Bertz CT molecular complexity index is 1220. The third-order valence-electron chi connectivity index (χ3n) is 5.17. The summed E-state index contributed by atoms with van der Waals surface area (Å²) < 4.78 is 1.75. The number of hydrogen-bond acceptors (Lipinski definition) is 5. The number of nitrogens with one attached hydrogen (secondary N) is 3. The Balaban J connectivity index is 1.58. The molecule has 3 N–H and O–H groups in total. The van der Waals surface area contributed by atoms with Crippen molar-refractivity contribution in [1.29, 1.82) is 0 Å². The van der Waals surface area contributed by atoms with Gasteiger partial charge in [0.1, 0.15) is 12.0 Å². The summed E-state index contributed by atoms with van der Waals surface area (Å²) in [6.45, 7) is 4.14. The molecule has 1 aliphatic rings. The van der Waals surface area contributed by atoms with Crippen LogP contribution in [-0.4, -0.2) is 25.7 Å². The van der Waals surface area contributed by atoms with Crippen molar-refractivity contribution >= 4 is 17.5 Å². The molecule has 1 aromatic carbocycles. The molecule has 0 saturated carbocycles. The van der Waals surface area contributed by atoms with Gasteiger partial charge in [-0.2, -0.15) is 4.98 Å². The topological polar surface area (TPSA) is 98.9 Å². The zero-order chi connectivity index (χ0) is 21.2. The van der Waals surface area contributed by atoms with Crippen molar-refractivity contribution in [2.75, 3.05) is 10.6 Å². The van der Waals surface area contributed by atoms with Crippen LogP contribution >= 0.6 is 0 Å². The van der Waals surface area contributed by atoms with Crippen LogP contribution in [0.1, 0.15) is 11.6 Å². The second-order valence-corrected chi connectivity index (χ2v) is 7.21. The first-order valence-electron chi connectivity index (χ1n) is 9.85. The number of para-hydroxylation sites is 1. The maximum atomic E-state index is 13.4. The summed E-state index contributed by atoms with van der Waals surface area (Å²) in [6, 6.07) is 16.5. The molecule has 0 bridgehead atoms. The van der Waals surface area contributed by atoms with Gasteiger partial charge in [0.25, 0.3) is 0 Å². The Morgan fingerprint density at radius 3 is 2.74 bits per heavy atom. The van der Waals surface area contributed by atoms with Crippen LogP contribution in [-0.2, 0) is 4.79 Å². The largest absolute Gasteiger partial charge is 0.328 e. The predicted octanol–water partition coefficient (Wildman–Crippen LogP) is 2.94. The van der Waals surface area contributed by atoms with Crippen LogP contribution in [0.15, 0.2) is 91.7 Å². The van der Waals surface area contributed by atoms with Crippen molar-refractivity contribution in [2.24, 2.45) is 5.92 Å². The number of benzene rings is 1. The highest BCUT2D eigenvalue weighted by Crippen LogP contribution is 2.38. The van der Waals surface area contributed by atoms with Gasteiger partial charge >= 0.3 is 0 Å². The Morgan fingerprint density at radius 2 is 2.00 bits per heavy atom. The van der Waals surface area contributed by atoms with E-state index in [1.54, 1.807) is 17.1 Å². The van der Waals surface area contributed by atoms with E-state index in [4.69, 9.17) is 5.10 Å². The van der Waals surface area contributed by atoms with Crippen molar-refractivity contribution in [3.05, 3.63) is 97.2 Å². The fourth-order valence-electron chi connectivity index (χ4n) is 3.74. The highest BCUT2D eigenvalue weighted by atomic mass is 16.2. The van der Waals surface area contributed by atoms with Gasteiger partial charge in [0.05, 0.1) is 0 Å². The van der Waals surface area contributed by atoms with E-state index >= 15 is 0 Å². The molecule has 1 amide bonds. The van der Waals surface area contributed by atoms with E-state index in [9.17, 15) is 4.79 Å². The van der Waals surface area contributed by atoms with E-state index in [2.05, 4.69) is 32.2 Å². The number of aromatic nitrogens is 5. The first-order valence-corrected chi connectivity index (χ1v) is 9.85. The third kappa shape index (κ3) is 3.55. The minimum Gasteiger partial charge on any atom is -0.328 e. The molecule has 4 aromatic rings. The van der Waals surface area contributed by atoms with Crippen LogP contribution < -0.4 is 15.6 Å². The number of carbonyl (C=O) groups is 1. The number of aromatic amines is 1. The van der Waals surface area contributed by atoms with Gasteiger partial charge in [-0.25, -0.2) is 9.67 Å². The predicted molar refractivity (Wildman–Crippen MR) is 116 cm³/mol. The average molecular weight is 410 g/mol. The zero-order valence-electron chi connectivity index (χ0n) is 16.6. The standard InChI is InChI=1S/C23H19N7O/c1-15-19(22(31)27-18-9-3-2-4-10-18)20(16-7-5-11-24-13-16)30-23(26-15)28-21(29-30)17-8-6-12-25-14-17/h2-14,19-20H,1H2,(H,27,31)(H,26,28,29)/p+1. The Labute approximate surface area is 178 Å². The molecule has 0 fully saturated rings. The summed E-state index contributed by atoms with van der Waals surface area (Å²) in [5.74, 6) is 0.271. The normalized spacial score (nSPS) is 17.5. The molecule has 2 atom stereocenters. The Hall–Kier alpha value is -4.33. The highest BCUT2D eigenvalue weighted by molar-refractivity contribution is 5.95. The first-order chi connectivity index (χ1) is 15.2. The van der Waals surface area contributed by atoms with Gasteiger partial charge in [-0.3, -0.25) is 9.78 Å². The smallest absolute Gasteiger partial charge is 0.235 e. The van der Waals surface area contributed by atoms with E-state index < -0.39 is 12.0 Å². The van der Waals surface area contributed by atoms with Crippen LogP contribution in [0.2, 0.25) is 0 Å². The third-order valence-corrected chi connectivity index (χ3v) is 5.17. The Morgan fingerprint density at radius 1 is 1.13 bits per heavy atom. The number of pyridine rings is 2. The molecule has 8 nitrogen and oxygen atoms in total. The molecule has 31 heavy (non-hydrogen) atoms. The van der Waals surface area contributed by atoms with E-state index in [1.807, 2.05) is 67.0 Å². The van der Waals surface area contributed by atoms with Gasteiger partial charge < -0.3 is 10.6 Å². The lowest BCUT2D eigenvalue weighted by Crippen LogP contribution is -2.39. The number of anilines is 2. The second-order valence-electron chi connectivity index (χ2n) is 7.21. The summed E-state index contributed by atoms with van der Waals surface area (Å²) in [5, 5.41) is 10.9. The number of carbonyl (C=O) groups excluding carboxylic acids is 1. The quantitative estimate of drug-likeness (QED) is 0.539. The van der Waals surface area contributed by atoms with Crippen LogP contribution in [0.3, 0.4) is 0 Å². The molecule has 5 rings (SSSR count). The number of hydrogen-bond donors (Lipinski definition) is 2. The lowest BCUT2D eigenvalue weighted by molar-refractivity contribution is -0.379. The van der Waals surface area contributed by atoms with Gasteiger partial charge in [-0.15, -0.1) is 5.10 Å². The lowest BCUT2D eigenvalue weighted by atomic mass is 9.89. The maximum Gasteiger partial charge on any atom is 0.235 e. The molecule has 0 radical (unpaired) electrons. The van der Waals surface area contributed by atoms with E-state index in [-0.39, 0.29) is 5.91 Å². The highest BCUT2D eigenvalue weighted by Gasteiger charge is 2.41. The first kappa shape index (κ1) is 18.7. The summed E-state index contributed by atoms with van der Waals surface area (Å²) >= 11 is 0. The molecule has 152 valence electrons. The van der Waals surface area contributed by atoms with E-state index in [0.29, 0.717) is 17.5 Å². The molecular formula is C23H20N7O+. The van der Waals surface area contributed by atoms with Crippen LogP contribution in [0.25, 0.3) is 11.4 Å². The Kier molecular flexibility index (Phi) is 4.72. The summed E-state index contributed by atoms with van der Waals surface area (Å²) in [7, 11) is 0. The average Bonchev–Trinajstić information content (AvgIpc) is 3.23. The monoisotopic (exact) mass is 410 g/mol. The summed E-state index contributed by atoms with van der Waals surface area (Å²) in [5.41, 5.74) is 2.96. The molecular weight excluding hydrogens is 390 g/mol. The molecule has 2 unspecified atom stereocenters. The van der Waals surface area contributed by atoms with Crippen LogP contribution in [0.4, 0.5) is 11.6 Å². The number of rotatable bonds is 4. The zero-order valence-corrected chi connectivity index (χ0v) is 16.6. The van der Waals surface area contributed by atoms with E-state index in [0.717, 1.165) is 16.8 Å². The van der Waals surface area contributed by atoms with Crippen molar-refractivity contribution in [1.82, 2.24) is 19.7 Å². The van der Waals surface area contributed by atoms with Gasteiger partial charge in [-0.1, -0.05) is 24.8 Å². The molecule has 0 saturated heterocycles. The molecule has 3 aromatic heterocycles. The summed E-state index contributed by atoms with van der Waals surface area (Å²) in [4.78, 5) is 25.2. The number of H-pyrrole nitrogens is 1. The minimum absolute atomic E-state index is 0.179. The fraction of sp³-hybridized carbons (Fsp3) is 0.0870. The van der Waals surface area contributed by atoms with Gasteiger partial charge in [-0.05, 0) is 30.3 Å². The molecule has 0 spiro atoms. The molecule has 0 aliphatic carbocycles. The van der Waals surface area contributed by atoms with Crippen molar-refractivity contribution in [2.45, 2.75) is 6.04 Å². The SMILES string of the molecule is C=C1Nc2nc(-c3cccnc3)nn2C(c2ccc[nH+]c2)C1C(=O)Nc1ccccc1. The van der Waals surface area contributed by atoms with Gasteiger partial charge in [0.15, 0.2) is 18.2 Å². The van der Waals surface area contributed by atoms with Crippen molar-refractivity contribution in [3.8, 4) is 11.4 Å². The molecule has 1 aliphatic heterocycles. The second kappa shape index (κ2) is 7.83. The van der Waals surface area contributed by atoms with Gasteiger partial charge in [0, 0.05) is 41.0 Å². The lowest BCUT2D eigenvalue weighted by Gasteiger charge is -2.33. The minimum atomic E-state index is -0.605. The van der Waals surface area contributed by atoms with Crippen LogP contribution in [0, 0.1) is 5.92 Å². The number of fused-ring (bicyclic) bond motifs is 1. The molecule has 8 heteroatoms.